The second-order valence-corrected chi connectivity index (χ2v) is 11.7. The number of sulfonamides is 1. The van der Waals surface area contributed by atoms with E-state index in [1.165, 1.54) is 10.6 Å². The van der Waals surface area contributed by atoms with Crippen molar-refractivity contribution in [1.29, 1.82) is 0 Å². The van der Waals surface area contributed by atoms with E-state index in [-0.39, 0.29) is 37.4 Å². The molecule has 0 aromatic heterocycles. The van der Waals surface area contributed by atoms with Crippen LogP contribution in [0, 0.1) is 6.92 Å². The Morgan fingerprint density at radius 2 is 1.77 bits per heavy atom. The Kier molecular flexibility index (Phi) is 10.8. The van der Waals surface area contributed by atoms with Crippen LogP contribution in [-0.2, 0) is 26.2 Å². The standard InChI is InChI=1S/C26H36BrN3O4S/c1-6-20(3)28-26(32)21(4)29(18-22-12-9-13-23(27)17-22)25(31)15-10-16-30(35(5,33)34)24-14-8-7-11-19(24)2/h7-9,11-14,17,20-21H,6,10,15-16,18H2,1-5H3,(H,28,32)/t20-,21-/m1/s1. The smallest absolute Gasteiger partial charge is 0.242 e. The summed E-state index contributed by atoms with van der Waals surface area (Å²) in [6.07, 6.45) is 2.40. The lowest BCUT2D eigenvalue weighted by Crippen LogP contribution is -2.49. The van der Waals surface area contributed by atoms with E-state index < -0.39 is 16.1 Å². The molecule has 2 atom stereocenters. The van der Waals surface area contributed by atoms with Crippen LogP contribution in [0.3, 0.4) is 0 Å². The van der Waals surface area contributed by atoms with Gasteiger partial charge in [0.1, 0.15) is 6.04 Å². The van der Waals surface area contributed by atoms with E-state index in [4.69, 9.17) is 0 Å². The van der Waals surface area contributed by atoms with E-state index in [2.05, 4.69) is 21.2 Å². The van der Waals surface area contributed by atoms with E-state index in [1.54, 1.807) is 24.0 Å². The number of nitrogens with zero attached hydrogens (tertiary/aromatic N) is 2. The molecule has 2 amide bonds. The molecule has 9 heteroatoms. The summed E-state index contributed by atoms with van der Waals surface area (Å²) in [7, 11) is -3.52. The molecular weight excluding hydrogens is 530 g/mol. The average molecular weight is 567 g/mol. The van der Waals surface area contributed by atoms with E-state index in [0.717, 1.165) is 22.0 Å². The number of rotatable bonds is 12. The lowest BCUT2D eigenvalue weighted by Gasteiger charge is -2.30. The van der Waals surface area contributed by atoms with Gasteiger partial charge in [-0.15, -0.1) is 0 Å². The van der Waals surface area contributed by atoms with Gasteiger partial charge < -0.3 is 10.2 Å². The molecule has 0 saturated heterocycles. The van der Waals surface area contributed by atoms with Crippen LogP contribution in [0.15, 0.2) is 53.0 Å². The van der Waals surface area contributed by atoms with Crippen LogP contribution >= 0.6 is 15.9 Å². The zero-order chi connectivity index (χ0) is 26.2. The molecule has 0 saturated carbocycles. The fourth-order valence-electron chi connectivity index (χ4n) is 3.71. The molecule has 7 nitrogen and oxygen atoms in total. The maximum Gasteiger partial charge on any atom is 0.242 e. The molecule has 0 spiro atoms. The van der Waals surface area contributed by atoms with Crippen molar-refractivity contribution >= 4 is 43.5 Å². The molecular formula is C26H36BrN3O4S. The number of anilines is 1. The number of hydrogen-bond acceptors (Lipinski definition) is 4. The minimum absolute atomic E-state index is 0.00482. The molecule has 0 aliphatic carbocycles. The minimum Gasteiger partial charge on any atom is -0.352 e. The Hall–Kier alpha value is -2.39. The van der Waals surface area contributed by atoms with Crippen LogP contribution < -0.4 is 9.62 Å². The predicted octanol–water partition coefficient (Wildman–Crippen LogP) is 4.64. The number of nitrogens with one attached hydrogen (secondary N) is 1. The second kappa shape index (κ2) is 13.1. The van der Waals surface area contributed by atoms with Gasteiger partial charge in [0.15, 0.2) is 0 Å². The quantitative estimate of drug-likeness (QED) is 0.406. The molecule has 192 valence electrons. The highest BCUT2D eigenvalue weighted by molar-refractivity contribution is 9.10. The Morgan fingerprint density at radius 1 is 1.09 bits per heavy atom. The van der Waals surface area contributed by atoms with E-state index in [0.29, 0.717) is 12.1 Å². The third-order valence-electron chi connectivity index (χ3n) is 5.95. The number of benzene rings is 2. The molecule has 2 aromatic carbocycles. The van der Waals surface area contributed by atoms with Crippen molar-refractivity contribution in [3.8, 4) is 0 Å². The summed E-state index contributed by atoms with van der Waals surface area (Å²) in [5.74, 6) is -0.407. The zero-order valence-corrected chi connectivity index (χ0v) is 23.5. The van der Waals surface area contributed by atoms with Crippen molar-refractivity contribution in [2.75, 3.05) is 17.1 Å². The predicted molar refractivity (Wildman–Crippen MR) is 145 cm³/mol. The summed E-state index contributed by atoms with van der Waals surface area (Å²) >= 11 is 3.46. The van der Waals surface area contributed by atoms with Gasteiger partial charge in [0, 0.05) is 30.0 Å². The SMILES string of the molecule is CC[C@@H](C)NC(=O)[C@@H](C)N(Cc1cccc(Br)c1)C(=O)CCCN(c1ccccc1C)S(C)(=O)=O. The molecule has 0 aliphatic rings. The number of aryl methyl sites for hydroxylation is 1. The van der Waals surface area contributed by atoms with Crippen molar-refractivity contribution in [2.24, 2.45) is 0 Å². The van der Waals surface area contributed by atoms with Gasteiger partial charge in [-0.2, -0.15) is 0 Å². The van der Waals surface area contributed by atoms with Gasteiger partial charge in [0.2, 0.25) is 21.8 Å². The van der Waals surface area contributed by atoms with Gasteiger partial charge in [-0.05, 0) is 62.9 Å². The highest BCUT2D eigenvalue weighted by Crippen LogP contribution is 2.23. The molecule has 0 radical (unpaired) electrons. The summed E-state index contributed by atoms with van der Waals surface area (Å²) in [6, 6.07) is 14.2. The van der Waals surface area contributed by atoms with Gasteiger partial charge in [-0.25, -0.2) is 8.42 Å². The van der Waals surface area contributed by atoms with Gasteiger partial charge in [-0.3, -0.25) is 13.9 Å². The first-order chi connectivity index (χ1) is 16.4. The number of hydrogen-bond donors (Lipinski definition) is 1. The number of halogens is 1. The molecule has 0 unspecified atom stereocenters. The summed E-state index contributed by atoms with van der Waals surface area (Å²) in [5.41, 5.74) is 2.35. The largest absolute Gasteiger partial charge is 0.352 e. The molecule has 0 fully saturated rings. The normalized spacial score (nSPS) is 13.1. The first kappa shape index (κ1) is 28.8. The molecule has 35 heavy (non-hydrogen) atoms. The Morgan fingerprint density at radius 3 is 2.37 bits per heavy atom. The monoisotopic (exact) mass is 565 g/mol. The van der Waals surface area contributed by atoms with E-state index in [9.17, 15) is 18.0 Å². The van der Waals surface area contributed by atoms with Crippen LogP contribution in [0.25, 0.3) is 0 Å². The number of amides is 2. The van der Waals surface area contributed by atoms with Gasteiger partial charge in [0.05, 0.1) is 11.9 Å². The molecule has 2 aromatic rings. The highest BCUT2D eigenvalue weighted by Gasteiger charge is 2.27. The van der Waals surface area contributed by atoms with E-state index in [1.807, 2.05) is 57.2 Å². The van der Waals surface area contributed by atoms with Crippen molar-refractivity contribution in [3.63, 3.8) is 0 Å². The second-order valence-electron chi connectivity index (χ2n) is 8.87. The summed E-state index contributed by atoms with van der Waals surface area (Å²) in [5, 5.41) is 2.95. The molecule has 1 N–H and O–H groups in total. The highest BCUT2D eigenvalue weighted by atomic mass is 79.9. The van der Waals surface area contributed by atoms with Gasteiger partial charge in [0.25, 0.3) is 0 Å². The molecule has 0 bridgehead atoms. The third-order valence-corrected chi connectivity index (χ3v) is 7.62. The molecule has 0 aliphatic heterocycles. The van der Waals surface area contributed by atoms with Crippen molar-refractivity contribution in [3.05, 3.63) is 64.1 Å². The van der Waals surface area contributed by atoms with Crippen molar-refractivity contribution in [1.82, 2.24) is 10.2 Å². The Balaban J connectivity index is 2.18. The Bertz CT molecular complexity index is 1120. The van der Waals surface area contributed by atoms with Crippen LogP contribution in [-0.4, -0.2) is 50.0 Å². The summed E-state index contributed by atoms with van der Waals surface area (Å²) < 4.78 is 27.2. The third kappa shape index (κ3) is 8.65. The number of carbonyl (C=O) groups is 2. The summed E-state index contributed by atoms with van der Waals surface area (Å²) in [6.45, 7) is 7.95. The molecule has 0 heterocycles. The van der Waals surface area contributed by atoms with Crippen LogP contribution in [0.1, 0.15) is 51.2 Å². The fraction of sp³-hybridized carbons (Fsp3) is 0.462. The van der Waals surface area contributed by atoms with Crippen molar-refractivity contribution < 1.29 is 18.0 Å². The molecule has 2 rings (SSSR count). The lowest BCUT2D eigenvalue weighted by atomic mass is 10.1. The van der Waals surface area contributed by atoms with Crippen molar-refractivity contribution in [2.45, 2.75) is 65.6 Å². The first-order valence-corrected chi connectivity index (χ1v) is 14.5. The topological polar surface area (TPSA) is 86.8 Å². The van der Waals surface area contributed by atoms with Gasteiger partial charge >= 0.3 is 0 Å². The zero-order valence-electron chi connectivity index (χ0n) is 21.1. The van der Waals surface area contributed by atoms with Crippen LogP contribution in [0.2, 0.25) is 0 Å². The van der Waals surface area contributed by atoms with Crippen LogP contribution in [0.5, 0.6) is 0 Å². The first-order valence-electron chi connectivity index (χ1n) is 11.8. The van der Waals surface area contributed by atoms with Crippen LogP contribution in [0.4, 0.5) is 5.69 Å². The fourth-order valence-corrected chi connectivity index (χ4v) is 5.18. The minimum atomic E-state index is -3.52. The lowest BCUT2D eigenvalue weighted by molar-refractivity contribution is -0.140. The Labute approximate surface area is 218 Å². The number of para-hydroxylation sites is 1. The maximum atomic E-state index is 13.3. The summed E-state index contributed by atoms with van der Waals surface area (Å²) in [4.78, 5) is 27.8. The maximum absolute atomic E-state index is 13.3. The average Bonchev–Trinajstić information content (AvgIpc) is 2.79. The van der Waals surface area contributed by atoms with Gasteiger partial charge in [-0.1, -0.05) is 53.2 Å². The van der Waals surface area contributed by atoms with E-state index >= 15 is 0 Å². The number of carbonyl (C=O) groups excluding carboxylic acids is 2.